The quantitative estimate of drug-likeness (QED) is 0.192. The second-order valence-corrected chi connectivity index (χ2v) is 8.09. The van der Waals surface area contributed by atoms with Crippen LogP contribution in [0.3, 0.4) is 0 Å². The number of hydrogen-bond donors (Lipinski definition) is 0. The Hall–Kier alpha value is -0.790. The fourth-order valence-corrected chi connectivity index (χ4v) is 3.80. The standard InChI is InChI=1S/C24H47N2/c1-4-7-10-11-12-13-14-15-16-17-18-21-26-23-22-25(20-9-6-3)24(26)19-8-5-2/h22-23H,4-21H2,1-3H3/q+1. The van der Waals surface area contributed by atoms with Gasteiger partial charge in [-0.3, -0.25) is 0 Å². The lowest BCUT2D eigenvalue weighted by molar-refractivity contribution is -0.704. The second kappa shape index (κ2) is 16.4. The molecule has 1 aromatic rings. The van der Waals surface area contributed by atoms with Crippen LogP contribution in [0.4, 0.5) is 0 Å². The maximum absolute atomic E-state index is 2.54. The molecular weight excluding hydrogens is 316 g/mol. The van der Waals surface area contributed by atoms with E-state index in [9.17, 15) is 0 Å². The van der Waals surface area contributed by atoms with Gasteiger partial charge in [0.25, 0.3) is 5.82 Å². The van der Waals surface area contributed by atoms with E-state index >= 15 is 0 Å². The summed E-state index contributed by atoms with van der Waals surface area (Å²) < 4.78 is 5.05. The first-order valence-corrected chi connectivity index (χ1v) is 11.9. The summed E-state index contributed by atoms with van der Waals surface area (Å²) in [6, 6.07) is 0. The molecule has 1 aromatic heterocycles. The zero-order valence-electron chi connectivity index (χ0n) is 18.3. The van der Waals surface area contributed by atoms with E-state index in [1.54, 1.807) is 5.82 Å². The molecule has 0 saturated heterocycles. The molecule has 0 aliphatic rings. The molecule has 26 heavy (non-hydrogen) atoms. The third-order valence-corrected chi connectivity index (χ3v) is 5.60. The molecule has 0 amide bonds. The summed E-state index contributed by atoms with van der Waals surface area (Å²) in [6.45, 7) is 9.29. The van der Waals surface area contributed by atoms with Gasteiger partial charge in [0.1, 0.15) is 12.4 Å². The maximum Gasteiger partial charge on any atom is 0.256 e. The second-order valence-electron chi connectivity index (χ2n) is 8.09. The largest absolute Gasteiger partial charge is 0.256 e. The average Bonchev–Trinajstić information content (AvgIpc) is 3.04. The predicted octanol–water partition coefficient (Wildman–Crippen LogP) is 7.23. The number of hydrogen-bond acceptors (Lipinski definition) is 0. The minimum Gasteiger partial charge on any atom is -0.234 e. The molecule has 0 unspecified atom stereocenters. The normalized spacial score (nSPS) is 11.3. The van der Waals surface area contributed by atoms with E-state index in [1.807, 2.05) is 0 Å². The highest BCUT2D eigenvalue weighted by Crippen LogP contribution is 2.11. The number of unbranched alkanes of at least 4 members (excludes halogenated alkanes) is 12. The van der Waals surface area contributed by atoms with Crippen molar-refractivity contribution in [3.05, 3.63) is 18.2 Å². The molecule has 0 N–H and O–H groups in total. The Morgan fingerprint density at radius 2 is 1.19 bits per heavy atom. The van der Waals surface area contributed by atoms with Gasteiger partial charge in [-0.2, -0.15) is 0 Å². The summed E-state index contributed by atoms with van der Waals surface area (Å²) in [5.41, 5.74) is 0. The zero-order valence-corrected chi connectivity index (χ0v) is 18.3. The molecule has 0 fully saturated rings. The molecule has 2 heteroatoms. The summed E-state index contributed by atoms with van der Waals surface area (Å²) in [4.78, 5) is 0. The van der Waals surface area contributed by atoms with Crippen LogP contribution in [0, 0.1) is 0 Å². The lowest BCUT2D eigenvalue weighted by Crippen LogP contribution is -2.37. The molecule has 152 valence electrons. The van der Waals surface area contributed by atoms with E-state index in [0.717, 1.165) is 0 Å². The van der Waals surface area contributed by atoms with Crippen molar-refractivity contribution in [2.75, 3.05) is 0 Å². The van der Waals surface area contributed by atoms with Crippen LogP contribution in [0.5, 0.6) is 0 Å². The van der Waals surface area contributed by atoms with Crippen molar-refractivity contribution in [1.29, 1.82) is 0 Å². The fourth-order valence-electron chi connectivity index (χ4n) is 3.80. The molecule has 0 aromatic carbocycles. The average molecular weight is 364 g/mol. The molecule has 2 nitrogen and oxygen atoms in total. The smallest absolute Gasteiger partial charge is 0.234 e. The molecule has 0 spiro atoms. The molecular formula is C24H47N2+. The number of imidazole rings is 1. The van der Waals surface area contributed by atoms with Crippen LogP contribution >= 0.6 is 0 Å². The van der Waals surface area contributed by atoms with Crippen molar-refractivity contribution in [2.45, 2.75) is 137 Å². The van der Waals surface area contributed by atoms with E-state index in [4.69, 9.17) is 0 Å². The third-order valence-electron chi connectivity index (χ3n) is 5.60. The molecule has 0 radical (unpaired) electrons. The van der Waals surface area contributed by atoms with Gasteiger partial charge in [0.2, 0.25) is 0 Å². The molecule has 0 saturated carbocycles. The Morgan fingerprint density at radius 3 is 1.77 bits per heavy atom. The van der Waals surface area contributed by atoms with Crippen LogP contribution in [-0.4, -0.2) is 4.57 Å². The fraction of sp³-hybridized carbons (Fsp3) is 0.875. The van der Waals surface area contributed by atoms with E-state index in [0.29, 0.717) is 0 Å². The van der Waals surface area contributed by atoms with Gasteiger partial charge >= 0.3 is 0 Å². The lowest BCUT2D eigenvalue weighted by Gasteiger charge is -2.05. The first kappa shape index (κ1) is 23.2. The first-order chi connectivity index (χ1) is 12.8. The Labute approximate surface area is 164 Å². The summed E-state index contributed by atoms with van der Waals surface area (Å²) in [5.74, 6) is 1.56. The SMILES string of the molecule is CCCCCCCCCCCCC[n+]1ccn(CCCC)c1CCCC. The molecule has 1 heterocycles. The van der Waals surface area contributed by atoms with Gasteiger partial charge < -0.3 is 0 Å². The van der Waals surface area contributed by atoms with E-state index < -0.39 is 0 Å². The van der Waals surface area contributed by atoms with Crippen molar-refractivity contribution in [3.8, 4) is 0 Å². The minimum atomic E-state index is 1.20. The Kier molecular flexibility index (Phi) is 14.7. The Bertz CT molecular complexity index is 422. The van der Waals surface area contributed by atoms with Crippen molar-refractivity contribution in [1.82, 2.24) is 4.57 Å². The van der Waals surface area contributed by atoms with Crippen LogP contribution in [0.1, 0.15) is 123 Å². The van der Waals surface area contributed by atoms with Gasteiger partial charge in [-0.1, -0.05) is 91.4 Å². The highest BCUT2D eigenvalue weighted by Gasteiger charge is 2.15. The molecule has 0 atom stereocenters. The van der Waals surface area contributed by atoms with Gasteiger partial charge in [-0.15, -0.1) is 0 Å². The minimum absolute atomic E-state index is 1.20. The molecule has 0 aliphatic carbocycles. The van der Waals surface area contributed by atoms with Gasteiger partial charge in [0.15, 0.2) is 0 Å². The molecule has 0 bridgehead atoms. The van der Waals surface area contributed by atoms with Crippen LogP contribution < -0.4 is 4.57 Å². The van der Waals surface area contributed by atoms with Crippen LogP contribution in [0.2, 0.25) is 0 Å². The first-order valence-electron chi connectivity index (χ1n) is 11.9. The number of rotatable bonds is 18. The van der Waals surface area contributed by atoms with E-state index in [-0.39, 0.29) is 0 Å². The summed E-state index contributed by atoms with van der Waals surface area (Å²) in [7, 11) is 0. The zero-order chi connectivity index (χ0) is 18.9. The number of nitrogens with zero attached hydrogens (tertiary/aromatic N) is 2. The van der Waals surface area contributed by atoms with Crippen LogP contribution in [-0.2, 0) is 19.5 Å². The lowest BCUT2D eigenvalue weighted by atomic mass is 10.1. The van der Waals surface area contributed by atoms with E-state index in [1.165, 1.54) is 116 Å². The summed E-state index contributed by atoms with van der Waals surface area (Å²) in [5, 5.41) is 0. The molecule has 1 rings (SSSR count). The third kappa shape index (κ3) is 10.4. The van der Waals surface area contributed by atoms with Crippen molar-refractivity contribution < 1.29 is 4.57 Å². The van der Waals surface area contributed by atoms with Crippen molar-refractivity contribution in [2.24, 2.45) is 0 Å². The molecule has 0 aliphatic heterocycles. The highest BCUT2D eigenvalue weighted by atomic mass is 15.1. The van der Waals surface area contributed by atoms with Crippen LogP contribution in [0.25, 0.3) is 0 Å². The Morgan fingerprint density at radius 1 is 0.654 bits per heavy atom. The summed E-state index contributed by atoms with van der Waals surface area (Å²) >= 11 is 0. The highest BCUT2D eigenvalue weighted by molar-refractivity contribution is 4.84. The monoisotopic (exact) mass is 363 g/mol. The predicted molar refractivity (Wildman–Crippen MR) is 115 cm³/mol. The van der Waals surface area contributed by atoms with E-state index in [2.05, 4.69) is 42.3 Å². The van der Waals surface area contributed by atoms with Gasteiger partial charge in [0, 0.05) is 6.42 Å². The van der Waals surface area contributed by atoms with Crippen molar-refractivity contribution >= 4 is 0 Å². The van der Waals surface area contributed by atoms with Gasteiger partial charge in [-0.05, 0) is 25.7 Å². The van der Waals surface area contributed by atoms with Gasteiger partial charge in [-0.25, -0.2) is 9.13 Å². The number of aromatic nitrogens is 2. The number of aryl methyl sites for hydroxylation is 2. The Balaban J connectivity index is 2.16. The summed E-state index contributed by atoms with van der Waals surface area (Å²) in [6.07, 6.45) is 26.8. The van der Waals surface area contributed by atoms with Crippen molar-refractivity contribution in [3.63, 3.8) is 0 Å². The topological polar surface area (TPSA) is 8.81 Å². The maximum atomic E-state index is 2.54. The van der Waals surface area contributed by atoms with Crippen LogP contribution in [0.15, 0.2) is 12.4 Å². The van der Waals surface area contributed by atoms with Gasteiger partial charge in [0.05, 0.1) is 13.1 Å².